The van der Waals surface area contributed by atoms with E-state index < -0.39 is 0 Å². The van der Waals surface area contributed by atoms with Crippen LogP contribution in [0.3, 0.4) is 0 Å². The highest BCUT2D eigenvalue weighted by molar-refractivity contribution is 5.95. The fourth-order valence-electron chi connectivity index (χ4n) is 2.95. The SMILES string of the molecule is CCn1c(C)cc(C(=O)NCC2CN(C(C)=O)CCO2)c1C. The molecule has 2 amide bonds. The lowest BCUT2D eigenvalue weighted by molar-refractivity contribution is -0.136. The van der Waals surface area contributed by atoms with Gasteiger partial charge in [-0.3, -0.25) is 9.59 Å². The molecule has 6 nitrogen and oxygen atoms in total. The summed E-state index contributed by atoms with van der Waals surface area (Å²) in [4.78, 5) is 25.5. The lowest BCUT2D eigenvalue weighted by Crippen LogP contribution is -2.49. The molecule has 0 saturated carbocycles. The number of rotatable bonds is 4. The van der Waals surface area contributed by atoms with Crippen LogP contribution in [-0.4, -0.2) is 53.6 Å². The molecule has 6 heteroatoms. The van der Waals surface area contributed by atoms with Crippen LogP contribution in [0.15, 0.2) is 6.07 Å². The van der Waals surface area contributed by atoms with E-state index in [2.05, 4.69) is 16.8 Å². The van der Waals surface area contributed by atoms with Gasteiger partial charge >= 0.3 is 0 Å². The normalized spacial score (nSPS) is 18.4. The molecule has 1 aromatic heterocycles. The van der Waals surface area contributed by atoms with Gasteiger partial charge in [0.25, 0.3) is 5.91 Å². The van der Waals surface area contributed by atoms with Gasteiger partial charge < -0.3 is 19.5 Å². The van der Waals surface area contributed by atoms with Gasteiger partial charge in [-0.1, -0.05) is 0 Å². The molecule has 1 unspecified atom stereocenters. The smallest absolute Gasteiger partial charge is 0.253 e. The Bertz CT molecular complexity index is 565. The topological polar surface area (TPSA) is 63.6 Å². The first-order chi connectivity index (χ1) is 10.4. The predicted molar refractivity (Wildman–Crippen MR) is 83.9 cm³/mol. The fourth-order valence-corrected chi connectivity index (χ4v) is 2.95. The van der Waals surface area contributed by atoms with Crippen LogP contribution in [0.25, 0.3) is 0 Å². The van der Waals surface area contributed by atoms with Crippen molar-refractivity contribution in [2.75, 3.05) is 26.2 Å². The van der Waals surface area contributed by atoms with Gasteiger partial charge in [0, 0.05) is 44.5 Å². The van der Waals surface area contributed by atoms with E-state index in [1.165, 1.54) is 0 Å². The number of aromatic nitrogens is 1. The van der Waals surface area contributed by atoms with E-state index in [0.29, 0.717) is 31.8 Å². The molecule has 1 N–H and O–H groups in total. The average molecular weight is 307 g/mol. The largest absolute Gasteiger partial charge is 0.373 e. The van der Waals surface area contributed by atoms with E-state index in [1.54, 1.807) is 11.8 Å². The zero-order chi connectivity index (χ0) is 16.3. The van der Waals surface area contributed by atoms with Crippen LogP contribution in [0.4, 0.5) is 0 Å². The van der Waals surface area contributed by atoms with E-state index in [1.807, 2.05) is 19.9 Å². The zero-order valence-electron chi connectivity index (χ0n) is 13.8. The number of ether oxygens (including phenoxy) is 1. The molecule has 1 atom stereocenters. The Hall–Kier alpha value is -1.82. The van der Waals surface area contributed by atoms with Crippen molar-refractivity contribution in [3.63, 3.8) is 0 Å². The molecule has 1 aliphatic rings. The van der Waals surface area contributed by atoms with E-state index >= 15 is 0 Å². The summed E-state index contributed by atoms with van der Waals surface area (Å²) in [7, 11) is 0. The Kier molecular flexibility index (Phi) is 5.24. The number of nitrogens with one attached hydrogen (secondary N) is 1. The standard InChI is InChI=1S/C16H25N3O3/c1-5-19-11(2)8-15(12(19)3)16(21)17-9-14-10-18(13(4)20)6-7-22-14/h8,14H,5-7,9-10H2,1-4H3,(H,17,21). The molecular weight excluding hydrogens is 282 g/mol. The van der Waals surface area contributed by atoms with Crippen LogP contribution in [0, 0.1) is 13.8 Å². The van der Waals surface area contributed by atoms with Crippen molar-refractivity contribution in [2.45, 2.75) is 40.3 Å². The predicted octanol–water partition coefficient (Wildman–Crippen LogP) is 1.10. The maximum absolute atomic E-state index is 12.3. The molecule has 0 spiro atoms. The number of carbonyl (C=O) groups excluding carboxylic acids is 2. The van der Waals surface area contributed by atoms with Crippen molar-refractivity contribution in [3.8, 4) is 0 Å². The maximum atomic E-state index is 12.3. The molecule has 2 rings (SSSR count). The first-order valence-corrected chi connectivity index (χ1v) is 7.76. The molecule has 0 radical (unpaired) electrons. The van der Waals surface area contributed by atoms with Gasteiger partial charge in [0.2, 0.25) is 5.91 Å². The Morgan fingerprint density at radius 2 is 2.14 bits per heavy atom. The number of hydrogen-bond donors (Lipinski definition) is 1. The van der Waals surface area contributed by atoms with Crippen molar-refractivity contribution in [1.29, 1.82) is 0 Å². The minimum absolute atomic E-state index is 0.0473. The molecule has 1 saturated heterocycles. The van der Waals surface area contributed by atoms with E-state index in [-0.39, 0.29) is 17.9 Å². The molecule has 22 heavy (non-hydrogen) atoms. The van der Waals surface area contributed by atoms with Crippen LogP contribution < -0.4 is 5.32 Å². The average Bonchev–Trinajstić information content (AvgIpc) is 2.79. The number of nitrogens with zero attached hydrogens (tertiary/aromatic N) is 2. The Labute approximate surface area is 131 Å². The molecule has 1 aromatic rings. The van der Waals surface area contributed by atoms with Gasteiger partial charge in [-0.2, -0.15) is 0 Å². The lowest BCUT2D eigenvalue weighted by atomic mass is 10.2. The number of aryl methyl sites for hydroxylation is 1. The summed E-state index contributed by atoms with van der Waals surface area (Å²) in [6.45, 7) is 10.5. The molecule has 0 aromatic carbocycles. The van der Waals surface area contributed by atoms with Gasteiger partial charge in [-0.05, 0) is 26.8 Å². The first kappa shape index (κ1) is 16.5. The van der Waals surface area contributed by atoms with Crippen LogP contribution in [0.1, 0.15) is 35.6 Å². The summed E-state index contributed by atoms with van der Waals surface area (Å²) in [5, 5.41) is 2.92. The summed E-state index contributed by atoms with van der Waals surface area (Å²) >= 11 is 0. The maximum Gasteiger partial charge on any atom is 0.253 e. The molecular formula is C16H25N3O3. The second kappa shape index (κ2) is 6.96. The molecule has 0 aliphatic carbocycles. The highest BCUT2D eigenvalue weighted by Gasteiger charge is 2.23. The molecule has 1 fully saturated rings. The third-order valence-electron chi connectivity index (χ3n) is 4.21. The Morgan fingerprint density at radius 1 is 1.41 bits per heavy atom. The second-order valence-electron chi connectivity index (χ2n) is 5.70. The minimum atomic E-state index is -0.142. The monoisotopic (exact) mass is 307 g/mol. The van der Waals surface area contributed by atoms with E-state index in [9.17, 15) is 9.59 Å². The number of morpholine rings is 1. The van der Waals surface area contributed by atoms with Gasteiger partial charge in [0.05, 0.1) is 18.3 Å². The third kappa shape index (κ3) is 3.50. The summed E-state index contributed by atoms with van der Waals surface area (Å²) in [5.74, 6) is -0.0394. The molecule has 0 bridgehead atoms. The fraction of sp³-hybridized carbons (Fsp3) is 0.625. The van der Waals surface area contributed by atoms with Crippen molar-refractivity contribution in [2.24, 2.45) is 0 Å². The van der Waals surface area contributed by atoms with Crippen molar-refractivity contribution < 1.29 is 14.3 Å². The van der Waals surface area contributed by atoms with Crippen molar-refractivity contribution in [1.82, 2.24) is 14.8 Å². The Balaban J connectivity index is 1.94. The quantitative estimate of drug-likeness (QED) is 0.906. The minimum Gasteiger partial charge on any atom is -0.373 e. The summed E-state index contributed by atoms with van der Waals surface area (Å²) < 4.78 is 7.73. The van der Waals surface area contributed by atoms with Crippen LogP contribution >= 0.6 is 0 Å². The number of amides is 2. The van der Waals surface area contributed by atoms with Gasteiger partial charge in [0.15, 0.2) is 0 Å². The summed E-state index contributed by atoms with van der Waals surface area (Å²) in [6.07, 6.45) is -0.142. The van der Waals surface area contributed by atoms with Crippen LogP contribution in [0.2, 0.25) is 0 Å². The Morgan fingerprint density at radius 3 is 2.73 bits per heavy atom. The van der Waals surface area contributed by atoms with Crippen molar-refractivity contribution in [3.05, 3.63) is 23.0 Å². The van der Waals surface area contributed by atoms with Crippen LogP contribution in [-0.2, 0) is 16.1 Å². The van der Waals surface area contributed by atoms with E-state index in [0.717, 1.165) is 17.9 Å². The lowest BCUT2D eigenvalue weighted by Gasteiger charge is -2.32. The van der Waals surface area contributed by atoms with Crippen LogP contribution in [0.5, 0.6) is 0 Å². The summed E-state index contributed by atoms with van der Waals surface area (Å²) in [6, 6.07) is 1.91. The number of hydrogen-bond acceptors (Lipinski definition) is 3. The highest BCUT2D eigenvalue weighted by atomic mass is 16.5. The molecule has 1 aliphatic heterocycles. The zero-order valence-corrected chi connectivity index (χ0v) is 13.8. The van der Waals surface area contributed by atoms with Gasteiger partial charge in [0.1, 0.15) is 0 Å². The van der Waals surface area contributed by atoms with Crippen molar-refractivity contribution >= 4 is 11.8 Å². The van der Waals surface area contributed by atoms with Gasteiger partial charge in [-0.25, -0.2) is 0 Å². The second-order valence-corrected chi connectivity index (χ2v) is 5.70. The van der Waals surface area contributed by atoms with Gasteiger partial charge in [-0.15, -0.1) is 0 Å². The molecule has 2 heterocycles. The third-order valence-corrected chi connectivity index (χ3v) is 4.21. The van der Waals surface area contributed by atoms with E-state index in [4.69, 9.17) is 4.74 Å². The first-order valence-electron chi connectivity index (χ1n) is 7.76. The number of carbonyl (C=O) groups is 2. The molecule has 122 valence electrons. The highest BCUT2D eigenvalue weighted by Crippen LogP contribution is 2.15. The summed E-state index contributed by atoms with van der Waals surface area (Å²) in [5.41, 5.74) is 2.77.